The number of halogens is 2. The minimum absolute atomic E-state index is 0.00814. The van der Waals surface area contributed by atoms with Crippen LogP contribution >= 0.6 is 27.7 Å². The van der Waals surface area contributed by atoms with Crippen molar-refractivity contribution in [3.63, 3.8) is 0 Å². The number of aliphatic imine (C=N–C) groups is 1. The molecule has 0 bridgehead atoms. The summed E-state index contributed by atoms with van der Waals surface area (Å²) in [5, 5.41) is 0.109. The average Bonchev–Trinajstić information content (AvgIpc) is 3.12. The zero-order valence-electron chi connectivity index (χ0n) is 15.3. The zero-order chi connectivity index (χ0) is 20.6. The predicted octanol–water partition coefficient (Wildman–Crippen LogP) is 3.82. The molecule has 2 aromatic rings. The maximum atomic E-state index is 14.7. The van der Waals surface area contributed by atoms with E-state index < -0.39 is 21.7 Å². The van der Waals surface area contributed by atoms with Gasteiger partial charge in [0.05, 0.1) is 23.2 Å². The standard InChI is InChI=1S/C20H18BrFN2O3S2/c21-14-7-8-16(15(22)10-14)24-17-11-29(26,27)12-18(17)28-20(24)23-19(25)9-6-13-4-2-1-3-5-13/h1-5,7-8,10,17-18H,6,9,11-12H2. The van der Waals surface area contributed by atoms with Crippen LogP contribution in [0, 0.1) is 5.82 Å². The number of hydrogen-bond acceptors (Lipinski definition) is 4. The van der Waals surface area contributed by atoms with Crippen molar-refractivity contribution in [3.05, 3.63) is 64.4 Å². The van der Waals surface area contributed by atoms with Crippen molar-refractivity contribution in [2.75, 3.05) is 16.4 Å². The van der Waals surface area contributed by atoms with E-state index in [-0.39, 0.29) is 34.8 Å². The molecular formula is C20H18BrFN2O3S2. The topological polar surface area (TPSA) is 66.8 Å². The largest absolute Gasteiger partial charge is 0.313 e. The molecule has 2 aliphatic heterocycles. The monoisotopic (exact) mass is 496 g/mol. The van der Waals surface area contributed by atoms with Gasteiger partial charge in [0.2, 0.25) is 5.91 Å². The number of nitrogens with zero attached hydrogens (tertiary/aromatic N) is 2. The Bertz CT molecular complexity index is 1080. The van der Waals surface area contributed by atoms with Gasteiger partial charge in [-0.25, -0.2) is 12.8 Å². The highest BCUT2D eigenvalue weighted by atomic mass is 79.9. The van der Waals surface area contributed by atoms with Crippen LogP contribution in [0.5, 0.6) is 0 Å². The summed E-state index contributed by atoms with van der Waals surface area (Å²) in [6.45, 7) is 0. The quantitative estimate of drug-likeness (QED) is 0.643. The number of thioether (sulfide) groups is 1. The first kappa shape index (κ1) is 20.6. The molecule has 1 amide bonds. The summed E-state index contributed by atoms with van der Waals surface area (Å²) in [6, 6.07) is 13.8. The second-order valence-corrected chi connectivity index (χ2v) is 11.3. The van der Waals surface area contributed by atoms with Crippen molar-refractivity contribution in [2.24, 2.45) is 4.99 Å². The fourth-order valence-electron chi connectivity index (χ4n) is 3.58. The number of carbonyl (C=O) groups excluding carboxylic acids is 1. The first-order chi connectivity index (χ1) is 13.8. The molecule has 5 nitrogen and oxygen atoms in total. The van der Waals surface area contributed by atoms with Gasteiger partial charge in [-0.3, -0.25) is 4.79 Å². The molecule has 2 heterocycles. The molecule has 2 atom stereocenters. The molecule has 0 N–H and O–H groups in total. The Kier molecular flexibility index (Phi) is 5.81. The summed E-state index contributed by atoms with van der Waals surface area (Å²) in [7, 11) is -3.20. The lowest BCUT2D eigenvalue weighted by atomic mass is 10.1. The number of anilines is 1. The minimum atomic E-state index is -3.20. The summed E-state index contributed by atoms with van der Waals surface area (Å²) in [5.74, 6) is -0.859. The van der Waals surface area contributed by atoms with Gasteiger partial charge in [-0.05, 0) is 30.2 Å². The smallest absolute Gasteiger partial charge is 0.248 e. The number of hydrogen-bond donors (Lipinski definition) is 0. The van der Waals surface area contributed by atoms with E-state index in [1.165, 1.54) is 17.8 Å². The van der Waals surface area contributed by atoms with Crippen molar-refractivity contribution < 1.29 is 17.6 Å². The lowest BCUT2D eigenvalue weighted by Crippen LogP contribution is -2.38. The number of fused-ring (bicyclic) bond motifs is 1. The Morgan fingerprint density at radius 1 is 1.21 bits per heavy atom. The van der Waals surface area contributed by atoms with Gasteiger partial charge in [-0.15, -0.1) is 0 Å². The number of rotatable bonds is 4. The van der Waals surface area contributed by atoms with E-state index in [9.17, 15) is 17.6 Å². The number of amides is 1. The first-order valence-corrected chi connectivity index (χ1v) is 12.6. The van der Waals surface area contributed by atoms with Gasteiger partial charge in [-0.1, -0.05) is 58.0 Å². The summed E-state index contributed by atoms with van der Waals surface area (Å²) in [6.07, 6.45) is 0.799. The van der Waals surface area contributed by atoms with Gasteiger partial charge in [-0.2, -0.15) is 4.99 Å². The number of carbonyl (C=O) groups is 1. The summed E-state index contributed by atoms with van der Waals surface area (Å²) < 4.78 is 39.4. The predicted molar refractivity (Wildman–Crippen MR) is 118 cm³/mol. The molecule has 9 heteroatoms. The maximum Gasteiger partial charge on any atom is 0.248 e. The highest BCUT2D eigenvalue weighted by Gasteiger charge is 2.49. The van der Waals surface area contributed by atoms with Crippen molar-refractivity contribution in [1.82, 2.24) is 0 Å². The first-order valence-electron chi connectivity index (χ1n) is 9.09. The highest BCUT2D eigenvalue weighted by Crippen LogP contribution is 2.42. The van der Waals surface area contributed by atoms with Crippen LogP contribution in [-0.2, 0) is 21.1 Å². The van der Waals surface area contributed by atoms with Crippen molar-refractivity contribution in [1.29, 1.82) is 0 Å². The maximum absolute atomic E-state index is 14.7. The van der Waals surface area contributed by atoms with Crippen LogP contribution in [0.25, 0.3) is 0 Å². The number of aryl methyl sites for hydroxylation is 1. The van der Waals surface area contributed by atoms with Crippen molar-refractivity contribution >= 4 is 54.3 Å². The van der Waals surface area contributed by atoms with Gasteiger partial charge in [0.25, 0.3) is 0 Å². The third kappa shape index (κ3) is 4.57. The minimum Gasteiger partial charge on any atom is -0.313 e. The fourth-order valence-corrected chi connectivity index (χ4v) is 7.84. The van der Waals surface area contributed by atoms with Crippen molar-refractivity contribution in [3.8, 4) is 0 Å². The molecule has 2 unspecified atom stereocenters. The van der Waals surface area contributed by atoms with E-state index in [1.54, 1.807) is 17.0 Å². The van der Waals surface area contributed by atoms with Gasteiger partial charge in [0, 0.05) is 16.1 Å². The molecule has 4 rings (SSSR count). The normalized spacial score (nSPS) is 24.1. The second kappa shape index (κ2) is 8.20. The lowest BCUT2D eigenvalue weighted by molar-refractivity contribution is -0.117. The molecule has 0 aliphatic carbocycles. The Hall–Kier alpha value is -1.71. The lowest BCUT2D eigenvalue weighted by Gasteiger charge is -2.25. The Labute approximate surface area is 181 Å². The Morgan fingerprint density at radius 3 is 2.69 bits per heavy atom. The second-order valence-electron chi connectivity index (χ2n) is 7.04. The summed E-state index contributed by atoms with van der Waals surface area (Å²) in [5.41, 5.74) is 1.28. The van der Waals surface area contributed by atoms with E-state index in [1.807, 2.05) is 30.3 Å². The summed E-state index contributed by atoms with van der Waals surface area (Å²) in [4.78, 5) is 18.3. The molecule has 0 aromatic heterocycles. The van der Waals surface area contributed by atoms with Crippen molar-refractivity contribution in [2.45, 2.75) is 24.1 Å². The zero-order valence-corrected chi connectivity index (χ0v) is 18.5. The molecule has 2 aliphatic rings. The molecule has 0 spiro atoms. The molecule has 2 aromatic carbocycles. The van der Waals surface area contributed by atoms with E-state index in [0.29, 0.717) is 16.1 Å². The molecule has 0 radical (unpaired) electrons. The number of amidine groups is 1. The third-order valence-corrected chi connectivity index (χ3v) is 8.63. The van der Waals surface area contributed by atoms with Gasteiger partial charge in [0.1, 0.15) is 5.82 Å². The van der Waals surface area contributed by atoms with Crippen LogP contribution in [0.15, 0.2) is 58.0 Å². The Morgan fingerprint density at radius 2 is 1.97 bits per heavy atom. The van der Waals surface area contributed by atoms with E-state index in [4.69, 9.17) is 0 Å². The van der Waals surface area contributed by atoms with Crippen LogP contribution < -0.4 is 4.90 Å². The highest BCUT2D eigenvalue weighted by molar-refractivity contribution is 9.10. The van der Waals surface area contributed by atoms with Gasteiger partial charge >= 0.3 is 0 Å². The van der Waals surface area contributed by atoms with Crippen LogP contribution in [0.3, 0.4) is 0 Å². The Balaban J connectivity index is 1.60. The van der Waals surface area contributed by atoms with E-state index in [0.717, 1.165) is 5.56 Å². The van der Waals surface area contributed by atoms with Gasteiger partial charge < -0.3 is 4.90 Å². The van der Waals surface area contributed by atoms with Gasteiger partial charge in [0.15, 0.2) is 15.0 Å². The molecule has 0 saturated carbocycles. The third-order valence-electron chi connectivity index (χ3n) is 4.93. The molecular weight excluding hydrogens is 479 g/mol. The fraction of sp³-hybridized carbons (Fsp3) is 0.300. The van der Waals surface area contributed by atoms with Crippen LogP contribution in [0.1, 0.15) is 12.0 Å². The SMILES string of the molecule is O=C(CCc1ccccc1)N=C1SC2CS(=O)(=O)CC2N1c1ccc(Br)cc1F. The number of sulfone groups is 1. The molecule has 152 valence electrons. The number of benzene rings is 2. The van der Waals surface area contributed by atoms with Crippen LogP contribution in [0.4, 0.5) is 10.1 Å². The van der Waals surface area contributed by atoms with E-state index in [2.05, 4.69) is 20.9 Å². The van der Waals surface area contributed by atoms with Crippen LogP contribution in [-0.4, -0.2) is 42.3 Å². The van der Waals surface area contributed by atoms with E-state index >= 15 is 0 Å². The average molecular weight is 497 g/mol. The van der Waals surface area contributed by atoms with Crippen LogP contribution in [0.2, 0.25) is 0 Å². The summed E-state index contributed by atoms with van der Waals surface area (Å²) >= 11 is 4.48. The molecule has 2 fully saturated rings. The molecule has 2 saturated heterocycles. The molecule has 29 heavy (non-hydrogen) atoms.